The van der Waals surface area contributed by atoms with Crippen LogP contribution < -0.4 is 21.5 Å². The van der Waals surface area contributed by atoms with Crippen LogP contribution in [0.3, 0.4) is 0 Å². The van der Waals surface area contributed by atoms with E-state index in [0.717, 1.165) is 53.8 Å². The van der Waals surface area contributed by atoms with Gasteiger partial charge in [-0.2, -0.15) is 0 Å². The van der Waals surface area contributed by atoms with Crippen LogP contribution in [-0.2, 0) is 0 Å². The van der Waals surface area contributed by atoms with Crippen LogP contribution in [0.15, 0.2) is 60.7 Å². The second-order valence-corrected chi connectivity index (χ2v) is 8.28. The van der Waals surface area contributed by atoms with E-state index in [4.69, 9.17) is 16.2 Å². The summed E-state index contributed by atoms with van der Waals surface area (Å²) in [6.45, 7) is 0. The Morgan fingerprint density at radius 2 is 1.15 bits per heavy atom. The van der Waals surface area contributed by atoms with Crippen molar-refractivity contribution in [2.24, 2.45) is 0 Å². The van der Waals surface area contributed by atoms with Crippen molar-refractivity contribution in [2.75, 3.05) is 16.8 Å². The molecule has 26 heavy (non-hydrogen) atoms. The highest BCUT2D eigenvalue weighted by molar-refractivity contribution is 7.19. The molecule has 1 aliphatic rings. The van der Waals surface area contributed by atoms with E-state index in [1.807, 2.05) is 36.4 Å². The van der Waals surface area contributed by atoms with Gasteiger partial charge in [-0.3, -0.25) is 0 Å². The zero-order chi connectivity index (χ0) is 17.7. The fraction of sp³-hybridized carbons (Fsp3) is 0. The Kier molecular flexibility index (Phi) is 3.41. The first kappa shape index (κ1) is 15.3. The van der Waals surface area contributed by atoms with Crippen LogP contribution >= 0.6 is 22.7 Å². The number of nitrogens with one attached hydrogen (secondary N) is 1. The van der Waals surface area contributed by atoms with Crippen molar-refractivity contribution >= 4 is 44.1 Å². The quantitative estimate of drug-likeness (QED) is 0.344. The van der Waals surface area contributed by atoms with E-state index in [2.05, 4.69) is 29.6 Å². The first-order valence-electron chi connectivity index (χ1n) is 8.10. The summed E-state index contributed by atoms with van der Waals surface area (Å²) in [5, 5.41) is 5.12. The molecule has 0 bridgehead atoms. The molecule has 0 saturated carbocycles. The standard InChI is InChI=1S/C20H15N3OS2/c21-19-7-5-17(25-19)11-1-3-15-13(9-11)23-14-10-12(2-4-16(14)24-15)18-6-8-20(22)26-18/h1-10,23H,21-22H2. The summed E-state index contributed by atoms with van der Waals surface area (Å²) in [5.41, 5.74) is 15.9. The van der Waals surface area contributed by atoms with Crippen molar-refractivity contribution in [1.29, 1.82) is 0 Å². The number of thiophene rings is 2. The van der Waals surface area contributed by atoms with Gasteiger partial charge in [0.15, 0.2) is 11.5 Å². The van der Waals surface area contributed by atoms with E-state index in [1.165, 1.54) is 0 Å². The molecule has 5 rings (SSSR count). The van der Waals surface area contributed by atoms with Gasteiger partial charge in [0.25, 0.3) is 0 Å². The first-order valence-corrected chi connectivity index (χ1v) is 9.73. The Bertz CT molecular complexity index is 1040. The van der Waals surface area contributed by atoms with Crippen LogP contribution in [0.2, 0.25) is 0 Å². The molecule has 2 aromatic heterocycles. The van der Waals surface area contributed by atoms with Crippen LogP contribution in [-0.4, -0.2) is 0 Å². The predicted octanol–water partition coefficient (Wildman–Crippen LogP) is 6.16. The summed E-state index contributed by atoms with van der Waals surface area (Å²) in [6, 6.07) is 20.2. The number of rotatable bonds is 2. The minimum Gasteiger partial charge on any atom is -0.453 e. The lowest BCUT2D eigenvalue weighted by atomic mass is 10.1. The number of nitrogen functional groups attached to an aromatic ring is 2. The van der Waals surface area contributed by atoms with E-state index in [9.17, 15) is 0 Å². The molecule has 1 aliphatic heterocycles. The molecule has 6 heteroatoms. The Labute approximate surface area is 158 Å². The van der Waals surface area contributed by atoms with E-state index in [1.54, 1.807) is 22.7 Å². The van der Waals surface area contributed by atoms with Crippen molar-refractivity contribution in [2.45, 2.75) is 0 Å². The van der Waals surface area contributed by atoms with Crippen LogP contribution in [0, 0.1) is 0 Å². The maximum absolute atomic E-state index is 6.06. The van der Waals surface area contributed by atoms with E-state index >= 15 is 0 Å². The number of anilines is 4. The Hall–Kier alpha value is -2.96. The maximum atomic E-state index is 6.06. The fourth-order valence-electron chi connectivity index (χ4n) is 3.02. The van der Waals surface area contributed by atoms with Crippen molar-refractivity contribution in [3.8, 4) is 32.4 Å². The second kappa shape index (κ2) is 5.79. The molecule has 4 nitrogen and oxygen atoms in total. The summed E-state index contributed by atoms with van der Waals surface area (Å²) in [4.78, 5) is 2.28. The lowest BCUT2D eigenvalue weighted by molar-refractivity contribution is 0.481. The van der Waals surface area contributed by atoms with Gasteiger partial charge in [-0.1, -0.05) is 0 Å². The van der Waals surface area contributed by atoms with Gasteiger partial charge in [0.2, 0.25) is 0 Å². The summed E-state index contributed by atoms with van der Waals surface area (Å²) >= 11 is 3.16. The molecule has 0 amide bonds. The van der Waals surface area contributed by atoms with Crippen molar-refractivity contribution in [3.05, 3.63) is 60.7 Å². The largest absolute Gasteiger partial charge is 0.453 e. The van der Waals surface area contributed by atoms with Crippen LogP contribution in [0.1, 0.15) is 0 Å². The average molecular weight is 377 g/mol. The second-order valence-electron chi connectivity index (χ2n) is 6.05. The number of hydrogen-bond donors (Lipinski definition) is 3. The third kappa shape index (κ3) is 2.60. The van der Waals surface area contributed by atoms with Gasteiger partial charge in [-0.15, -0.1) is 22.7 Å². The van der Waals surface area contributed by atoms with Crippen LogP contribution in [0.4, 0.5) is 21.4 Å². The number of benzene rings is 2. The van der Waals surface area contributed by atoms with Crippen molar-refractivity contribution in [3.63, 3.8) is 0 Å². The van der Waals surface area contributed by atoms with Crippen LogP contribution in [0.5, 0.6) is 11.5 Å². The Morgan fingerprint density at radius 1 is 0.654 bits per heavy atom. The first-order chi connectivity index (χ1) is 12.7. The average Bonchev–Trinajstić information content (AvgIpc) is 3.27. The summed E-state index contributed by atoms with van der Waals surface area (Å²) < 4.78 is 6.06. The lowest BCUT2D eigenvalue weighted by Crippen LogP contribution is -2.03. The molecule has 0 fully saturated rings. The molecule has 0 unspecified atom stereocenters. The summed E-state index contributed by atoms with van der Waals surface area (Å²) in [5.74, 6) is 1.64. The van der Waals surface area contributed by atoms with Gasteiger partial charge in [0, 0.05) is 9.75 Å². The molecule has 3 heterocycles. The molecular formula is C20H15N3OS2. The Morgan fingerprint density at radius 3 is 1.58 bits per heavy atom. The van der Waals surface area contributed by atoms with E-state index < -0.39 is 0 Å². The molecule has 0 saturated heterocycles. The van der Waals surface area contributed by atoms with Crippen molar-refractivity contribution in [1.82, 2.24) is 0 Å². The Balaban J connectivity index is 1.52. The number of fused-ring (bicyclic) bond motifs is 2. The van der Waals surface area contributed by atoms with Gasteiger partial charge in [-0.25, -0.2) is 0 Å². The van der Waals surface area contributed by atoms with Gasteiger partial charge in [-0.05, 0) is 71.8 Å². The lowest BCUT2D eigenvalue weighted by Gasteiger charge is -2.22. The molecule has 0 atom stereocenters. The minimum absolute atomic E-state index is 0.812. The van der Waals surface area contributed by atoms with E-state index in [-0.39, 0.29) is 0 Å². The van der Waals surface area contributed by atoms with E-state index in [0.29, 0.717) is 0 Å². The SMILES string of the molecule is Nc1ccc(-c2ccc3c(c2)Nc2cc(-c4ccc(N)s4)ccc2O3)s1. The molecule has 5 N–H and O–H groups in total. The molecule has 0 radical (unpaired) electrons. The van der Waals surface area contributed by atoms with Gasteiger partial charge in [0.05, 0.1) is 21.4 Å². The summed E-state index contributed by atoms with van der Waals surface area (Å²) in [7, 11) is 0. The summed E-state index contributed by atoms with van der Waals surface area (Å²) in [6.07, 6.45) is 0. The number of ether oxygens (including phenoxy) is 1. The van der Waals surface area contributed by atoms with Gasteiger partial charge < -0.3 is 21.5 Å². The molecular weight excluding hydrogens is 362 g/mol. The minimum atomic E-state index is 0.812. The molecule has 4 aromatic rings. The normalized spacial score (nSPS) is 12.0. The topological polar surface area (TPSA) is 73.3 Å². The predicted molar refractivity (Wildman–Crippen MR) is 112 cm³/mol. The third-order valence-electron chi connectivity index (χ3n) is 4.27. The third-order valence-corrected chi connectivity index (χ3v) is 6.20. The zero-order valence-corrected chi connectivity index (χ0v) is 15.3. The monoisotopic (exact) mass is 377 g/mol. The number of nitrogens with two attached hydrogens (primary N) is 2. The van der Waals surface area contributed by atoms with Crippen LogP contribution in [0.25, 0.3) is 20.9 Å². The fourth-order valence-corrected chi connectivity index (χ4v) is 4.56. The van der Waals surface area contributed by atoms with Crippen molar-refractivity contribution < 1.29 is 4.74 Å². The number of hydrogen-bond acceptors (Lipinski definition) is 6. The zero-order valence-electron chi connectivity index (χ0n) is 13.7. The molecule has 2 aromatic carbocycles. The highest BCUT2D eigenvalue weighted by Crippen LogP contribution is 2.45. The highest BCUT2D eigenvalue weighted by Gasteiger charge is 2.18. The smallest absolute Gasteiger partial charge is 0.151 e. The maximum Gasteiger partial charge on any atom is 0.151 e. The molecule has 0 aliphatic carbocycles. The molecule has 128 valence electrons. The van der Waals surface area contributed by atoms with Gasteiger partial charge >= 0.3 is 0 Å². The highest BCUT2D eigenvalue weighted by atomic mass is 32.1. The van der Waals surface area contributed by atoms with Gasteiger partial charge in [0.1, 0.15) is 0 Å². The molecule has 0 spiro atoms.